The van der Waals surface area contributed by atoms with Crippen molar-refractivity contribution in [2.24, 2.45) is 0 Å². The highest BCUT2D eigenvalue weighted by Crippen LogP contribution is 2.34. The number of halogens is 1. The van der Waals surface area contributed by atoms with Crippen LogP contribution in [0.25, 0.3) is 21.9 Å². The van der Waals surface area contributed by atoms with Gasteiger partial charge in [0.2, 0.25) is 5.89 Å². The van der Waals surface area contributed by atoms with Crippen molar-refractivity contribution in [1.29, 1.82) is 0 Å². The second-order valence-corrected chi connectivity index (χ2v) is 5.37. The van der Waals surface area contributed by atoms with Gasteiger partial charge in [-0.3, -0.25) is 0 Å². The van der Waals surface area contributed by atoms with E-state index in [9.17, 15) is 4.79 Å². The second kappa shape index (κ2) is 4.22. The molecular weight excluding hydrogens is 318 g/mol. The molecule has 0 atom stereocenters. The molecule has 3 rings (SSSR count). The van der Waals surface area contributed by atoms with Crippen molar-refractivity contribution in [2.75, 3.05) is 0 Å². The van der Waals surface area contributed by atoms with E-state index in [2.05, 4.69) is 20.9 Å². The average Bonchev–Trinajstić information content (AvgIpc) is 2.92. The first kappa shape index (κ1) is 11.4. The Morgan fingerprint density at radius 3 is 2.89 bits per heavy atom. The summed E-state index contributed by atoms with van der Waals surface area (Å²) in [6.45, 7) is 0. The third kappa shape index (κ3) is 1.83. The summed E-state index contributed by atoms with van der Waals surface area (Å²) in [4.78, 5) is 16.1. The molecule has 0 bridgehead atoms. The zero-order valence-electron chi connectivity index (χ0n) is 8.88. The largest absolute Gasteiger partial charge is 0.478 e. The van der Waals surface area contributed by atoms with E-state index in [0.29, 0.717) is 17.0 Å². The van der Waals surface area contributed by atoms with Crippen molar-refractivity contribution in [3.63, 3.8) is 0 Å². The second-order valence-electron chi connectivity index (χ2n) is 3.60. The number of benzene rings is 1. The highest BCUT2D eigenvalue weighted by molar-refractivity contribution is 9.10. The topological polar surface area (TPSA) is 63.3 Å². The zero-order valence-corrected chi connectivity index (χ0v) is 11.3. The van der Waals surface area contributed by atoms with Gasteiger partial charge >= 0.3 is 5.97 Å². The molecule has 0 fully saturated rings. The highest BCUT2D eigenvalue weighted by Gasteiger charge is 2.14. The van der Waals surface area contributed by atoms with Crippen LogP contribution in [0, 0.1) is 0 Å². The Bertz CT molecular complexity index is 747. The number of aromatic carboxylic acids is 1. The van der Waals surface area contributed by atoms with Gasteiger partial charge in [0.1, 0.15) is 10.4 Å². The maximum atomic E-state index is 10.9. The third-order valence-corrected chi connectivity index (χ3v) is 4.27. The molecule has 0 radical (unpaired) electrons. The van der Waals surface area contributed by atoms with Gasteiger partial charge in [0.25, 0.3) is 0 Å². The molecular formula is C12H6BrNO3S. The fourth-order valence-electron chi connectivity index (χ4n) is 1.60. The number of carbonyl (C=O) groups is 1. The first-order chi connectivity index (χ1) is 8.65. The van der Waals surface area contributed by atoms with E-state index in [-0.39, 0.29) is 5.56 Å². The van der Waals surface area contributed by atoms with Gasteiger partial charge in [0.05, 0.1) is 5.56 Å². The molecule has 0 saturated carbocycles. The van der Waals surface area contributed by atoms with Crippen molar-refractivity contribution >= 4 is 44.3 Å². The van der Waals surface area contributed by atoms with Gasteiger partial charge in [0, 0.05) is 4.47 Å². The summed E-state index contributed by atoms with van der Waals surface area (Å²) in [5, 5.41) is 10.8. The average molecular weight is 324 g/mol. The maximum absolute atomic E-state index is 10.9. The van der Waals surface area contributed by atoms with E-state index in [1.165, 1.54) is 23.5 Å². The quantitative estimate of drug-likeness (QED) is 0.773. The van der Waals surface area contributed by atoms with Crippen LogP contribution in [0.4, 0.5) is 0 Å². The molecule has 0 aliphatic heterocycles. The fraction of sp³-hybridized carbons (Fsp3) is 0. The first-order valence-electron chi connectivity index (χ1n) is 5.02. The fourth-order valence-corrected chi connectivity index (χ4v) is 3.07. The van der Waals surface area contributed by atoms with Gasteiger partial charge in [-0.05, 0) is 45.6 Å². The number of rotatable bonds is 2. The highest BCUT2D eigenvalue weighted by atomic mass is 79.9. The van der Waals surface area contributed by atoms with Crippen LogP contribution in [0.3, 0.4) is 0 Å². The van der Waals surface area contributed by atoms with Crippen molar-refractivity contribution in [2.45, 2.75) is 0 Å². The molecule has 1 aromatic carbocycles. The summed E-state index contributed by atoms with van der Waals surface area (Å²) >= 11 is 4.92. The van der Waals surface area contributed by atoms with E-state index in [0.717, 1.165) is 9.35 Å². The van der Waals surface area contributed by atoms with E-state index < -0.39 is 5.97 Å². The number of nitrogens with zero attached hydrogens (tertiary/aromatic N) is 1. The van der Waals surface area contributed by atoms with Gasteiger partial charge in [-0.15, -0.1) is 11.3 Å². The van der Waals surface area contributed by atoms with Crippen LogP contribution >= 0.6 is 27.3 Å². The molecule has 0 aliphatic rings. The predicted octanol–water partition coefficient (Wildman–Crippen LogP) is 4.02. The van der Waals surface area contributed by atoms with Gasteiger partial charge < -0.3 is 9.52 Å². The molecule has 0 unspecified atom stereocenters. The number of thiophene rings is 1. The Balaban J connectivity index is 2.17. The summed E-state index contributed by atoms with van der Waals surface area (Å²) in [6.07, 6.45) is 0. The van der Waals surface area contributed by atoms with Crippen LogP contribution in [-0.4, -0.2) is 16.1 Å². The monoisotopic (exact) mass is 323 g/mol. The lowest BCUT2D eigenvalue weighted by Gasteiger charge is -1.91. The van der Waals surface area contributed by atoms with Crippen molar-refractivity contribution in [1.82, 2.24) is 4.98 Å². The lowest BCUT2D eigenvalue weighted by Crippen LogP contribution is -1.94. The SMILES string of the molecule is O=C(O)c1ccc2nc(-c3sccc3Br)oc2c1. The Morgan fingerprint density at radius 1 is 1.39 bits per heavy atom. The number of carboxylic acid groups (broad SMARTS) is 1. The molecule has 90 valence electrons. The Kier molecular flexibility index (Phi) is 2.68. The van der Waals surface area contributed by atoms with Gasteiger partial charge in [-0.1, -0.05) is 0 Å². The Morgan fingerprint density at radius 2 is 2.22 bits per heavy atom. The van der Waals surface area contributed by atoms with Gasteiger partial charge in [-0.25, -0.2) is 9.78 Å². The predicted molar refractivity (Wildman–Crippen MR) is 72.0 cm³/mol. The minimum absolute atomic E-state index is 0.190. The first-order valence-corrected chi connectivity index (χ1v) is 6.69. The summed E-state index contributed by atoms with van der Waals surface area (Å²) in [5.41, 5.74) is 1.32. The molecule has 2 aromatic heterocycles. The lowest BCUT2D eigenvalue weighted by molar-refractivity contribution is 0.0697. The zero-order chi connectivity index (χ0) is 12.7. The summed E-state index contributed by atoms with van der Waals surface area (Å²) in [5.74, 6) is -0.485. The van der Waals surface area contributed by atoms with Crippen molar-refractivity contribution in [3.8, 4) is 10.8 Å². The number of fused-ring (bicyclic) bond motifs is 1. The number of hydrogen-bond donors (Lipinski definition) is 1. The molecule has 3 aromatic rings. The molecule has 0 amide bonds. The lowest BCUT2D eigenvalue weighted by atomic mass is 10.2. The van der Waals surface area contributed by atoms with E-state index in [1.54, 1.807) is 6.07 Å². The van der Waals surface area contributed by atoms with E-state index in [1.807, 2.05) is 11.4 Å². The Hall–Kier alpha value is -1.66. The number of aromatic nitrogens is 1. The van der Waals surface area contributed by atoms with Crippen LogP contribution in [0.2, 0.25) is 0 Å². The molecule has 0 aliphatic carbocycles. The molecule has 0 saturated heterocycles. The maximum Gasteiger partial charge on any atom is 0.335 e. The third-order valence-electron chi connectivity index (χ3n) is 2.45. The van der Waals surface area contributed by atoms with Crippen molar-refractivity contribution in [3.05, 3.63) is 39.7 Å². The van der Waals surface area contributed by atoms with E-state index >= 15 is 0 Å². The molecule has 4 nitrogen and oxygen atoms in total. The summed E-state index contributed by atoms with van der Waals surface area (Å²) in [6, 6.07) is 6.56. The van der Waals surface area contributed by atoms with Crippen LogP contribution in [0.5, 0.6) is 0 Å². The molecule has 2 heterocycles. The molecule has 6 heteroatoms. The van der Waals surface area contributed by atoms with Crippen LogP contribution in [0.1, 0.15) is 10.4 Å². The Labute approximate surface area is 114 Å². The van der Waals surface area contributed by atoms with E-state index in [4.69, 9.17) is 9.52 Å². The summed E-state index contributed by atoms with van der Waals surface area (Å²) in [7, 11) is 0. The van der Waals surface area contributed by atoms with Gasteiger partial charge in [0.15, 0.2) is 5.58 Å². The van der Waals surface area contributed by atoms with Crippen molar-refractivity contribution < 1.29 is 14.3 Å². The standard InChI is InChI=1S/C12H6BrNO3S/c13-7-3-4-18-10(7)11-14-8-2-1-6(12(15)16)5-9(8)17-11/h1-5H,(H,15,16). The number of hydrogen-bond acceptors (Lipinski definition) is 4. The summed E-state index contributed by atoms with van der Waals surface area (Å²) < 4.78 is 6.50. The minimum atomic E-state index is -0.979. The van der Waals surface area contributed by atoms with Gasteiger partial charge in [-0.2, -0.15) is 0 Å². The normalized spacial score (nSPS) is 10.9. The smallest absolute Gasteiger partial charge is 0.335 e. The van der Waals surface area contributed by atoms with Crippen LogP contribution < -0.4 is 0 Å². The van der Waals surface area contributed by atoms with Crippen LogP contribution in [-0.2, 0) is 0 Å². The van der Waals surface area contributed by atoms with Crippen LogP contribution in [0.15, 0.2) is 38.5 Å². The molecule has 0 spiro atoms. The molecule has 1 N–H and O–H groups in total. The molecule has 18 heavy (non-hydrogen) atoms. The number of oxazole rings is 1. The number of carboxylic acids is 1. The minimum Gasteiger partial charge on any atom is -0.478 e.